The van der Waals surface area contributed by atoms with Crippen molar-refractivity contribution in [3.05, 3.63) is 29.6 Å². The van der Waals surface area contributed by atoms with E-state index in [1.54, 1.807) is 0 Å². The van der Waals surface area contributed by atoms with Crippen molar-refractivity contribution in [2.75, 3.05) is 0 Å². The van der Waals surface area contributed by atoms with Crippen LogP contribution >= 0.6 is 0 Å². The van der Waals surface area contributed by atoms with Gasteiger partial charge in [0.2, 0.25) is 0 Å². The zero-order valence-electron chi connectivity index (χ0n) is 9.79. The molecule has 4 heteroatoms. The van der Waals surface area contributed by atoms with Gasteiger partial charge in [0.15, 0.2) is 0 Å². The number of nitrogens with one attached hydrogen (secondary N) is 1. The lowest BCUT2D eigenvalue weighted by Crippen LogP contribution is -2.43. The van der Waals surface area contributed by atoms with Crippen molar-refractivity contribution in [2.24, 2.45) is 0 Å². The van der Waals surface area contributed by atoms with Crippen LogP contribution in [0.1, 0.15) is 43.0 Å². The predicted octanol–water partition coefficient (Wildman–Crippen LogP) is 2.59. The van der Waals surface area contributed by atoms with E-state index in [0.717, 1.165) is 31.7 Å². The Labute approximate surface area is 99.7 Å². The van der Waals surface area contributed by atoms with Crippen LogP contribution in [-0.2, 0) is 0 Å². The Bertz CT molecular complexity index is 439. The lowest BCUT2D eigenvalue weighted by molar-refractivity contribution is 0.0904. The van der Waals surface area contributed by atoms with Crippen molar-refractivity contribution in [3.63, 3.8) is 0 Å². The Morgan fingerprint density at radius 1 is 1.41 bits per heavy atom. The summed E-state index contributed by atoms with van der Waals surface area (Å²) in [6.07, 6.45) is 4.04. The summed E-state index contributed by atoms with van der Waals surface area (Å²) in [7, 11) is 0. The number of hydrogen-bond acceptors (Lipinski definition) is 2. The van der Waals surface area contributed by atoms with Gasteiger partial charge >= 0.3 is 0 Å². The first-order chi connectivity index (χ1) is 8.00. The number of carbonyl (C=O) groups is 1. The van der Waals surface area contributed by atoms with Gasteiger partial charge in [-0.1, -0.05) is 12.8 Å². The third-order valence-electron chi connectivity index (χ3n) is 3.32. The van der Waals surface area contributed by atoms with Crippen LogP contribution in [0, 0.1) is 5.82 Å². The minimum atomic E-state index is -0.691. The first-order valence-electron chi connectivity index (χ1n) is 5.81. The molecule has 92 valence electrons. The Balaban J connectivity index is 2.14. The fourth-order valence-electron chi connectivity index (χ4n) is 2.31. The average Bonchev–Trinajstić information content (AvgIpc) is 2.64. The van der Waals surface area contributed by atoms with Crippen molar-refractivity contribution < 1.29 is 14.3 Å². The van der Waals surface area contributed by atoms with E-state index < -0.39 is 11.7 Å². The van der Waals surface area contributed by atoms with E-state index in [0.29, 0.717) is 0 Å². The van der Waals surface area contributed by atoms with Crippen LogP contribution < -0.4 is 5.32 Å². The van der Waals surface area contributed by atoms with E-state index in [2.05, 4.69) is 5.32 Å². The molecule has 0 radical (unpaired) electrons. The molecular formula is C13H16FNO2. The predicted molar refractivity (Wildman–Crippen MR) is 62.4 cm³/mol. The van der Waals surface area contributed by atoms with Crippen molar-refractivity contribution in [3.8, 4) is 5.75 Å². The molecule has 1 aliphatic carbocycles. The monoisotopic (exact) mass is 237 g/mol. The van der Waals surface area contributed by atoms with Gasteiger partial charge in [-0.05, 0) is 31.9 Å². The number of phenolic OH excluding ortho intramolecular Hbond substituents is 1. The average molecular weight is 237 g/mol. The van der Waals surface area contributed by atoms with Gasteiger partial charge in [0.25, 0.3) is 5.91 Å². The maximum atomic E-state index is 13.5. The quantitative estimate of drug-likeness (QED) is 0.830. The second-order valence-corrected chi connectivity index (χ2v) is 4.89. The summed E-state index contributed by atoms with van der Waals surface area (Å²) in [5.41, 5.74) is -0.238. The first kappa shape index (κ1) is 11.9. The fraction of sp³-hybridized carbons (Fsp3) is 0.462. The van der Waals surface area contributed by atoms with Crippen LogP contribution in [0.2, 0.25) is 0 Å². The van der Waals surface area contributed by atoms with E-state index in [9.17, 15) is 9.18 Å². The number of amides is 1. The second kappa shape index (κ2) is 4.35. The molecule has 0 heterocycles. The van der Waals surface area contributed by atoms with Crippen LogP contribution in [0.4, 0.5) is 4.39 Å². The van der Waals surface area contributed by atoms with E-state index in [1.165, 1.54) is 12.1 Å². The maximum absolute atomic E-state index is 13.5. The molecule has 2 N–H and O–H groups in total. The van der Waals surface area contributed by atoms with Gasteiger partial charge in [-0.3, -0.25) is 4.79 Å². The molecule has 0 unspecified atom stereocenters. The zero-order valence-corrected chi connectivity index (χ0v) is 9.79. The van der Waals surface area contributed by atoms with Gasteiger partial charge in [0.05, 0.1) is 5.56 Å². The summed E-state index contributed by atoms with van der Waals surface area (Å²) in [6.45, 7) is 1.98. The molecule has 0 aromatic heterocycles. The highest BCUT2D eigenvalue weighted by Crippen LogP contribution is 2.29. The lowest BCUT2D eigenvalue weighted by Gasteiger charge is -2.25. The SMILES string of the molecule is CC1(NC(=O)c2ccc(O)cc2F)CCCC1. The normalized spacial score (nSPS) is 18.0. The molecule has 1 fully saturated rings. The summed E-state index contributed by atoms with van der Waals surface area (Å²) in [6, 6.07) is 3.57. The Hall–Kier alpha value is -1.58. The molecule has 1 amide bonds. The molecule has 1 aliphatic rings. The molecule has 3 nitrogen and oxygen atoms in total. The Kier molecular flexibility index (Phi) is 3.05. The highest BCUT2D eigenvalue weighted by Gasteiger charge is 2.31. The standard InChI is InChI=1S/C13H16FNO2/c1-13(6-2-3-7-13)15-12(17)10-5-4-9(16)8-11(10)14/h4-5,8,16H,2-3,6-7H2,1H3,(H,15,17). The van der Waals surface area contributed by atoms with Gasteiger partial charge in [0.1, 0.15) is 11.6 Å². The molecule has 17 heavy (non-hydrogen) atoms. The summed E-state index contributed by atoms with van der Waals surface area (Å²) < 4.78 is 13.5. The molecular weight excluding hydrogens is 221 g/mol. The number of benzene rings is 1. The number of hydrogen-bond donors (Lipinski definition) is 2. The Morgan fingerprint density at radius 2 is 2.06 bits per heavy atom. The third kappa shape index (κ3) is 2.57. The number of rotatable bonds is 2. The zero-order chi connectivity index (χ0) is 12.5. The highest BCUT2D eigenvalue weighted by molar-refractivity contribution is 5.95. The summed E-state index contributed by atoms with van der Waals surface area (Å²) in [5, 5.41) is 12.0. The van der Waals surface area contributed by atoms with E-state index in [4.69, 9.17) is 5.11 Å². The lowest BCUT2D eigenvalue weighted by atomic mass is 10.00. The third-order valence-corrected chi connectivity index (χ3v) is 3.32. The topological polar surface area (TPSA) is 49.3 Å². The van der Waals surface area contributed by atoms with Crippen molar-refractivity contribution in [1.29, 1.82) is 0 Å². The molecule has 0 spiro atoms. The molecule has 1 aromatic carbocycles. The minimum absolute atomic E-state index is 0.0177. The summed E-state index contributed by atoms with van der Waals surface area (Å²) in [5.74, 6) is -1.28. The van der Waals surface area contributed by atoms with Gasteiger partial charge in [0, 0.05) is 11.6 Å². The first-order valence-corrected chi connectivity index (χ1v) is 5.81. The molecule has 1 saturated carbocycles. The largest absolute Gasteiger partial charge is 0.508 e. The van der Waals surface area contributed by atoms with Crippen LogP contribution in [0.25, 0.3) is 0 Å². The summed E-state index contributed by atoms with van der Waals surface area (Å²) in [4.78, 5) is 11.9. The van der Waals surface area contributed by atoms with Crippen molar-refractivity contribution in [2.45, 2.75) is 38.1 Å². The van der Waals surface area contributed by atoms with Crippen LogP contribution in [0.5, 0.6) is 5.75 Å². The van der Waals surface area contributed by atoms with E-state index in [1.807, 2.05) is 6.92 Å². The van der Waals surface area contributed by atoms with Crippen LogP contribution in [0.15, 0.2) is 18.2 Å². The van der Waals surface area contributed by atoms with Crippen LogP contribution in [-0.4, -0.2) is 16.6 Å². The number of carbonyl (C=O) groups excluding carboxylic acids is 1. The van der Waals surface area contributed by atoms with Crippen molar-refractivity contribution in [1.82, 2.24) is 5.32 Å². The number of phenols is 1. The van der Waals surface area contributed by atoms with Gasteiger partial charge in [-0.15, -0.1) is 0 Å². The Morgan fingerprint density at radius 3 is 2.65 bits per heavy atom. The minimum Gasteiger partial charge on any atom is -0.508 e. The van der Waals surface area contributed by atoms with Crippen LogP contribution in [0.3, 0.4) is 0 Å². The van der Waals surface area contributed by atoms with Gasteiger partial charge in [-0.25, -0.2) is 4.39 Å². The highest BCUT2D eigenvalue weighted by atomic mass is 19.1. The van der Waals surface area contributed by atoms with Gasteiger partial charge < -0.3 is 10.4 Å². The molecule has 0 aliphatic heterocycles. The van der Waals surface area contributed by atoms with Crippen molar-refractivity contribution >= 4 is 5.91 Å². The number of halogens is 1. The smallest absolute Gasteiger partial charge is 0.254 e. The molecule has 0 bridgehead atoms. The fourth-order valence-corrected chi connectivity index (χ4v) is 2.31. The molecule has 2 rings (SSSR count). The van der Waals surface area contributed by atoms with E-state index >= 15 is 0 Å². The summed E-state index contributed by atoms with van der Waals surface area (Å²) >= 11 is 0. The molecule has 1 aromatic rings. The number of aromatic hydroxyl groups is 1. The van der Waals surface area contributed by atoms with Gasteiger partial charge in [-0.2, -0.15) is 0 Å². The molecule has 0 atom stereocenters. The maximum Gasteiger partial charge on any atom is 0.254 e. The molecule has 0 saturated heterocycles. The second-order valence-electron chi connectivity index (χ2n) is 4.89. The van der Waals surface area contributed by atoms with E-state index in [-0.39, 0.29) is 16.9 Å².